The normalized spacial score (nSPS) is 21.0. The van der Waals surface area contributed by atoms with Gasteiger partial charge in [0.15, 0.2) is 0 Å². The monoisotopic (exact) mass is 467 g/mol. The van der Waals surface area contributed by atoms with Crippen molar-refractivity contribution in [1.82, 2.24) is 5.32 Å². The summed E-state index contributed by atoms with van der Waals surface area (Å²) in [4.78, 5) is 29.9. The second-order valence-electron chi connectivity index (χ2n) is 9.64. The van der Waals surface area contributed by atoms with Gasteiger partial charge in [0.05, 0.1) is 30.6 Å². The average Bonchev–Trinajstić information content (AvgIpc) is 3.11. The van der Waals surface area contributed by atoms with Crippen LogP contribution in [0.5, 0.6) is 0 Å². The third-order valence-electron chi connectivity index (χ3n) is 7.35. The molecule has 1 N–H and O–H groups in total. The Morgan fingerprint density at radius 1 is 0.886 bits per heavy atom. The molecule has 0 spiro atoms. The summed E-state index contributed by atoms with van der Waals surface area (Å²) in [5, 5.41) is 3.05. The predicted molar refractivity (Wildman–Crippen MR) is 136 cm³/mol. The summed E-state index contributed by atoms with van der Waals surface area (Å²) in [6.07, 6.45) is 2.63. The van der Waals surface area contributed by atoms with Crippen molar-refractivity contribution in [3.8, 4) is 0 Å². The molecule has 0 saturated carbocycles. The zero-order valence-electron chi connectivity index (χ0n) is 19.7. The topological polar surface area (TPSA) is 61.9 Å². The van der Waals surface area contributed by atoms with Crippen LogP contribution in [-0.2, 0) is 27.2 Å². The Hall–Kier alpha value is -3.64. The van der Waals surface area contributed by atoms with E-state index in [4.69, 9.17) is 4.74 Å². The Morgan fingerprint density at radius 3 is 2.20 bits per heavy atom. The van der Waals surface area contributed by atoms with Crippen molar-refractivity contribution in [3.05, 3.63) is 89.5 Å². The molecule has 6 nitrogen and oxygen atoms in total. The molecule has 3 aromatic carbocycles. The summed E-state index contributed by atoms with van der Waals surface area (Å²) >= 11 is 0. The zero-order valence-corrected chi connectivity index (χ0v) is 19.7. The van der Waals surface area contributed by atoms with E-state index in [9.17, 15) is 9.59 Å². The molecule has 6 rings (SSSR count). The van der Waals surface area contributed by atoms with Gasteiger partial charge in [0, 0.05) is 18.2 Å². The first-order valence-electron chi connectivity index (χ1n) is 12.4. The minimum absolute atomic E-state index is 0.00526. The number of benzene rings is 3. The van der Waals surface area contributed by atoms with E-state index >= 15 is 0 Å². The number of morpholine rings is 1. The number of para-hydroxylation sites is 3. The minimum Gasteiger partial charge on any atom is -0.370 e. The van der Waals surface area contributed by atoms with Crippen molar-refractivity contribution in [3.63, 3.8) is 0 Å². The van der Waals surface area contributed by atoms with Crippen LogP contribution in [0.2, 0.25) is 0 Å². The predicted octanol–water partition coefficient (Wildman–Crippen LogP) is 3.96. The molecule has 3 aromatic rings. The molecule has 2 amide bonds. The van der Waals surface area contributed by atoms with Crippen molar-refractivity contribution in [1.29, 1.82) is 0 Å². The number of nitrogens with one attached hydrogen (secondary N) is 1. The smallest absolute Gasteiger partial charge is 0.251 e. The lowest BCUT2D eigenvalue weighted by atomic mass is 9.94. The van der Waals surface area contributed by atoms with Gasteiger partial charge in [-0.25, -0.2) is 0 Å². The molecule has 3 aliphatic rings. The van der Waals surface area contributed by atoms with E-state index in [1.54, 1.807) is 0 Å². The van der Waals surface area contributed by atoms with Crippen LogP contribution in [0.4, 0.5) is 17.1 Å². The van der Waals surface area contributed by atoms with Crippen LogP contribution in [0.15, 0.2) is 72.8 Å². The highest BCUT2D eigenvalue weighted by atomic mass is 16.5. The van der Waals surface area contributed by atoms with Crippen molar-refractivity contribution in [2.24, 2.45) is 0 Å². The largest absolute Gasteiger partial charge is 0.370 e. The first-order valence-corrected chi connectivity index (χ1v) is 12.4. The first-order chi connectivity index (χ1) is 17.2. The summed E-state index contributed by atoms with van der Waals surface area (Å²) in [7, 11) is 0. The third-order valence-corrected chi connectivity index (χ3v) is 7.35. The molecule has 2 atom stereocenters. The molecule has 178 valence electrons. The minimum atomic E-state index is -0.0574. The van der Waals surface area contributed by atoms with Crippen LogP contribution in [0.3, 0.4) is 0 Å². The lowest BCUT2D eigenvalue weighted by molar-refractivity contribution is -0.131. The van der Waals surface area contributed by atoms with Gasteiger partial charge in [-0.3, -0.25) is 14.5 Å². The molecular weight excluding hydrogens is 438 g/mol. The molecule has 3 heterocycles. The number of anilines is 3. The van der Waals surface area contributed by atoms with Crippen molar-refractivity contribution < 1.29 is 14.3 Å². The summed E-state index contributed by atoms with van der Waals surface area (Å²) in [5.74, 6) is 0.240. The molecule has 2 unspecified atom stereocenters. The number of fused-ring (bicyclic) bond motifs is 3. The van der Waals surface area contributed by atoms with Gasteiger partial charge in [0.25, 0.3) is 5.91 Å². The lowest BCUT2D eigenvalue weighted by Crippen LogP contribution is -2.46. The van der Waals surface area contributed by atoms with Crippen LogP contribution in [0.1, 0.15) is 29.0 Å². The van der Waals surface area contributed by atoms with Gasteiger partial charge in [-0.2, -0.15) is 0 Å². The molecule has 3 aliphatic heterocycles. The Labute approximate surface area is 205 Å². The molecule has 6 heteroatoms. The Bertz CT molecular complexity index is 1230. The van der Waals surface area contributed by atoms with Gasteiger partial charge in [-0.05, 0) is 54.2 Å². The number of aryl methyl sites for hydroxylation is 2. The fourth-order valence-electron chi connectivity index (χ4n) is 5.79. The maximum absolute atomic E-state index is 14.0. The van der Waals surface area contributed by atoms with Crippen LogP contribution in [-0.4, -0.2) is 44.2 Å². The third kappa shape index (κ3) is 4.19. The highest BCUT2D eigenvalue weighted by Gasteiger charge is 2.34. The Morgan fingerprint density at radius 2 is 1.51 bits per heavy atom. The van der Waals surface area contributed by atoms with Gasteiger partial charge in [0.2, 0.25) is 5.91 Å². The number of hydrogen-bond acceptors (Lipinski definition) is 4. The average molecular weight is 468 g/mol. The summed E-state index contributed by atoms with van der Waals surface area (Å²) in [6, 6.07) is 24.8. The molecule has 0 bridgehead atoms. The molecule has 1 fully saturated rings. The second kappa shape index (κ2) is 9.19. The van der Waals surface area contributed by atoms with E-state index in [0.29, 0.717) is 13.2 Å². The number of nitrogens with zero attached hydrogens (tertiary/aromatic N) is 2. The van der Waals surface area contributed by atoms with Crippen LogP contribution < -0.4 is 15.1 Å². The number of ether oxygens (including phenoxy) is 1. The highest BCUT2D eigenvalue weighted by Crippen LogP contribution is 2.40. The lowest BCUT2D eigenvalue weighted by Gasteiger charge is -2.29. The zero-order chi connectivity index (χ0) is 23.8. The standard InChI is InChI=1S/C29H29N3O3/c33-28-19-35-18-23(30-28)15-22-16-31(27-12-6-3-9-24(22)27)17-29(34)32-25-10-4-1-7-20(25)13-14-21-8-2-5-11-26(21)32/h1-12,22-23H,13-19H2,(H,30,33). The molecular formula is C29H29N3O3. The van der Waals surface area contributed by atoms with E-state index in [1.807, 2.05) is 41.3 Å². The van der Waals surface area contributed by atoms with Gasteiger partial charge < -0.3 is 15.0 Å². The van der Waals surface area contributed by atoms with E-state index < -0.39 is 0 Å². The fraction of sp³-hybridized carbons (Fsp3) is 0.310. The van der Waals surface area contributed by atoms with Crippen LogP contribution in [0, 0.1) is 0 Å². The molecule has 35 heavy (non-hydrogen) atoms. The van der Waals surface area contributed by atoms with Crippen molar-refractivity contribution >= 4 is 28.9 Å². The van der Waals surface area contributed by atoms with E-state index in [2.05, 4.69) is 46.6 Å². The summed E-state index contributed by atoms with van der Waals surface area (Å²) in [5.41, 5.74) is 6.69. The van der Waals surface area contributed by atoms with Gasteiger partial charge in [-0.1, -0.05) is 54.6 Å². The Balaban J connectivity index is 1.28. The number of hydrogen-bond donors (Lipinski definition) is 1. The molecule has 1 saturated heterocycles. The number of carbonyl (C=O) groups is 2. The van der Waals surface area contributed by atoms with E-state index in [-0.39, 0.29) is 30.4 Å². The molecule has 0 radical (unpaired) electrons. The van der Waals surface area contributed by atoms with Gasteiger partial charge in [0.1, 0.15) is 6.61 Å². The van der Waals surface area contributed by atoms with E-state index in [0.717, 1.165) is 42.9 Å². The maximum atomic E-state index is 14.0. The maximum Gasteiger partial charge on any atom is 0.251 e. The summed E-state index contributed by atoms with van der Waals surface area (Å²) in [6.45, 7) is 1.71. The van der Waals surface area contributed by atoms with Crippen LogP contribution in [0.25, 0.3) is 0 Å². The SMILES string of the molecule is O=C1COCC(CC2CN(CC(=O)N3c4ccccc4CCc4ccccc43)c3ccccc32)N1. The fourth-order valence-corrected chi connectivity index (χ4v) is 5.79. The van der Waals surface area contributed by atoms with Crippen molar-refractivity contribution in [2.75, 3.05) is 36.1 Å². The molecule has 0 aliphatic carbocycles. The first kappa shape index (κ1) is 21.9. The summed E-state index contributed by atoms with van der Waals surface area (Å²) < 4.78 is 5.46. The Kier molecular flexibility index (Phi) is 5.74. The molecule has 0 aromatic heterocycles. The van der Waals surface area contributed by atoms with Gasteiger partial charge >= 0.3 is 0 Å². The quantitative estimate of drug-likeness (QED) is 0.631. The number of rotatable bonds is 4. The van der Waals surface area contributed by atoms with Crippen molar-refractivity contribution in [2.45, 2.75) is 31.2 Å². The number of amides is 2. The van der Waals surface area contributed by atoms with Gasteiger partial charge in [-0.15, -0.1) is 0 Å². The van der Waals surface area contributed by atoms with Crippen LogP contribution >= 0.6 is 0 Å². The number of carbonyl (C=O) groups excluding carboxylic acids is 2. The second-order valence-corrected chi connectivity index (χ2v) is 9.64. The van der Waals surface area contributed by atoms with E-state index in [1.165, 1.54) is 16.7 Å². The highest BCUT2D eigenvalue weighted by molar-refractivity contribution is 6.04.